The van der Waals surface area contributed by atoms with E-state index in [-0.39, 0.29) is 5.97 Å². The first-order chi connectivity index (χ1) is 10.0. The Bertz CT molecular complexity index is 594. The van der Waals surface area contributed by atoms with Gasteiger partial charge in [0, 0.05) is 23.7 Å². The molecule has 2 aliphatic heterocycles. The maximum atomic E-state index is 12.1. The van der Waals surface area contributed by atoms with Crippen molar-refractivity contribution in [3.05, 3.63) is 29.3 Å². The third kappa shape index (κ3) is 2.56. The third-order valence-corrected chi connectivity index (χ3v) is 4.06. The van der Waals surface area contributed by atoms with Crippen LogP contribution in [0.25, 0.3) is 0 Å². The van der Waals surface area contributed by atoms with Gasteiger partial charge in [0.1, 0.15) is 11.6 Å². The molecule has 1 spiro atoms. The van der Waals surface area contributed by atoms with E-state index in [1.807, 2.05) is 0 Å². The Hall–Kier alpha value is -1.79. The molecule has 1 aromatic rings. The molecule has 0 radical (unpaired) electrons. The average Bonchev–Trinajstić information content (AvgIpc) is 3.02. The van der Waals surface area contributed by atoms with Crippen LogP contribution in [0, 0.1) is 0 Å². The Morgan fingerprint density at radius 2 is 2.38 bits per heavy atom. The molecule has 1 N–H and O–H groups in total. The molecule has 0 aliphatic carbocycles. The van der Waals surface area contributed by atoms with E-state index in [2.05, 4.69) is 5.32 Å². The van der Waals surface area contributed by atoms with Gasteiger partial charge in [0.2, 0.25) is 0 Å². The molecule has 1 amide bonds. The van der Waals surface area contributed by atoms with Gasteiger partial charge in [-0.05, 0) is 18.2 Å². The Balaban J connectivity index is 1.78. The monoisotopic (exact) mass is 310 g/mol. The molecule has 21 heavy (non-hydrogen) atoms. The smallest absolute Gasteiger partial charge is 0.415 e. The van der Waals surface area contributed by atoms with Gasteiger partial charge in [0.25, 0.3) is 0 Å². The van der Waals surface area contributed by atoms with Gasteiger partial charge in [0.05, 0.1) is 13.7 Å². The van der Waals surface area contributed by atoms with Crippen LogP contribution in [0.1, 0.15) is 6.42 Å². The van der Waals surface area contributed by atoms with Crippen LogP contribution < -0.4 is 10.2 Å². The second kappa shape index (κ2) is 5.20. The second-order valence-electron chi connectivity index (χ2n) is 5.28. The molecule has 2 fully saturated rings. The van der Waals surface area contributed by atoms with E-state index in [0.717, 1.165) is 0 Å². The molecule has 112 valence electrons. The standard InChI is InChI=1S/C14H15ClN2O4/c1-20-12(18)11-6-14(7-16-11)8-17(13(19)21-14)10-4-2-3-9(15)5-10/h2-5,11,16H,6-8H2,1H3/t11-,14-/m0/s1. The van der Waals surface area contributed by atoms with Crippen LogP contribution in [0.5, 0.6) is 0 Å². The average molecular weight is 311 g/mol. The maximum Gasteiger partial charge on any atom is 0.415 e. The molecular weight excluding hydrogens is 296 g/mol. The minimum Gasteiger partial charge on any atom is -0.468 e. The maximum absolute atomic E-state index is 12.1. The number of rotatable bonds is 2. The number of halogens is 1. The first-order valence-electron chi connectivity index (χ1n) is 6.60. The summed E-state index contributed by atoms with van der Waals surface area (Å²) in [4.78, 5) is 25.2. The van der Waals surface area contributed by atoms with E-state index >= 15 is 0 Å². The number of hydrogen-bond donors (Lipinski definition) is 1. The van der Waals surface area contributed by atoms with E-state index in [1.165, 1.54) is 12.0 Å². The van der Waals surface area contributed by atoms with Crippen LogP contribution in [-0.2, 0) is 14.3 Å². The number of esters is 1. The zero-order valence-electron chi connectivity index (χ0n) is 11.5. The number of anilines is 1. The number of amides is 1. The summed E-state index contributed by atoms with van der Waals surface area (Å²) in [5.41, 5.74) is -0.0102. The topological polar surface area (TPSA) is 67.9 Å². The molecule has 2 aliphatic rings. The SMILES string of the molecule is COC(=O)[C@@H]1C[C@]2(CN1)CN(c1cccc(Cl)c1)C(=O)O2. The number of carbonyl (C=O) groups excluding carboxylic acids is 2. The lowest BCUT2D eigenvalue weighted by Crippen LogP contribution is -2.36. The highest BCUT2D eigenvalue weighted by Crippen LogP contribution is 2.34. The van der Waals surface area contributed by atoms with E-state index in [0.29, 0.717) is 30.2 Å². The second-order valence-corrected chi connectivity index (χ2v) is 5.71. The van der Waals surface area contributed by atoms with Crippen molar-refractivity contribution in [1.82, 2.24) is 5.32 Å². The van der Waals surface area contributed by atoms with E-state index < -0.39 is 17.7 Å². The van der Waals surface area contributed by atoms with Gasteiger partial charge in [-0.25, -0.2) is 4.79 Å². The Morgan fingerprint density at radius 3 is 3.10 bits per heavy atom. The lowest BCUT2D eigenvalue weighted by atomic mass is 10.00. The van der Waals surface area contributed by atoms with Crippen LogP contribution in [0.4, 0.5) is 10.5 Å². The van der Waals surface area contributed by atoms with E-state index in [9.17, 15) is 9.59 Å². The first kappa shape index (κ1) is 14.2. The zero-order valence-corrected chi connectivity index (χ0v) is 12.2. The van der Waals surface area contributed by atoms with Gasteiger partial charge >= 0.3 is 12.1 Å². The van der Waals surface area contributed by atoms with Crippen molar-refractivity contribution >= 4 is 29.4 Å². The normalized spacial score (nSPS) is 28.0. The molecule has 7 heteroatoms. The van der Waals surface area contributed by atoms with Crippen LogP contribution in [0.3, 0.4) is 0 Å². The Morgan fingerprint density at radius 1 is 1.57 bits per heavy atom. The minimum absolute atomic E-state index is 0.343. The van der Waals surface area contributed by atoms with Crippen LogP contribution in [-0.4, -0.2) is 43.9 Å². The van der Waals surface area contributed by atoms with Crippen LogP contribution in [0.15, 0.2) is 24.3 Å². The van der Waals surface area contributed by atoms with Crippen molar-refractivity contribution in [2.45, 2.75) is 18.1 Å². The summed E-state index contributed by atoms with van der Waals surface area (Å²) < 4.78 is 10.2. The predicted octanol–water partition coefficient (Wildman–Crippen LogP) is 1.57. The number of nitrogens with one attached hydrogen (secondary N) is 1. The minimum atomic E-state index is -0.696. The predicted molar refractivity (Wildman–Crippen MR) is 76.4 cm³/mol. The van der Waals surface area contributed by atoms with Crippen molar-refractivity contribution in [2.75, 3.05) is 25.1 Å². The van der Waals surface area contributed by atoms with Crippen LogP contribution in [0.2, 0.25) is 5.02 Å². The summed E-state index contributed by atoms with van der Waals surface area (Å²) >= 11 is 5.95. The number of nitrogens with zero attached hydrogens (tertiary/aromatic N) is 1. The first-order valence-corrected chi connectivity index (χ1v) is 6.98. The molecule has 3 rings (SSSR count). The highest BCUT2D eigenvalue weighted by atomic mass is 35.5. The molecule has 0 bridgehead atoms. The molecule has 2 heterocycles. The summed E-state index contributed by atoms with van der Waals surface area (Å²) in [7, 11) is 1.34. The summed E-state index contributed by atoms with van der Waals surface area (Å²) in [6.45, 7) is 0.808. The van der Waals surface area contributed by atoms with Gasteiger partial charge in [-0.2, -0.15) is 0 Å². The molecular formula is C14H15ClN2O4. The fourth-order valence-corrected chi connectivity index (χ4v) is 2.98. The highest BCUT2D eigenvalue weighted by Gasteiger charge is 2.52. The number of benzene rings is 1. The zero-order chi connectivity index (χ0) is 15.0. The fraction of sp³-hybridized carbons (Fsp3) is 0.429. The van der Waals surface area contributed by atoms with Crippen molar-refractivity contribution < 1.29 is 19.1 Å². The van der Waals surface area contributed by atoms with Gasteiger partial charge < -0.3 is 14.8 Å². The molecule has 0 unspecified atom stereocenters. The van der Waals surface area contributed by atoms with Gasteiger partial charge in [0.15, 0.2) is 0 Å². The summed E-state index contributed by atoms with van der Waals surface area (Å²) in [5.74, 6) is -0.343. The molecule has 1 aromatic carbocycles. The Labute approximate surface area is 127 Å². The largest absolute Gasteiger partial charge is 0.468 e. The van der Waals surface area contributed by atoms with Crippen LogP contribution >= 0.6 is 11.6 Å². The molecule has 0 aromatic heterocycles. The van der Waals surface area contributed by atoms with Gasteiger partial charge in [-0.1, -0.05) is 17.7 Å². The lowest BCUT2D eigenvalue weighted by molar-refractivity contribution is -0.143. The van der Waals surface area contributed by atoms with Crippen molar-refractivity contribution in [3.8, 4) is 0 Å². The number of carbonyl (C=O) groups is 2. The molecule has 6 nitrogen and oxygen atoms in total. The lowest BCUT2D eigenvalue weighted by Gasteiger charge is -2.19. The Kier molecular flexibility index (Phi) is 3.51. The quantitative estimate of drug-likeness (QED) is 0.840. The summed E-state index contributed by atoms with van der Waals surface area (Å²) in [5, 5.41) is 3.59. The molecule has 2 atom stereocenters. The van der Waals surface area contributed by atoms with Gasteiger partial charge in [-0.15, -0.1) is 0 Å². The number of methoxy groups -OCH3 is 1. The van der Waals surface area contributed by atoms with Crippen molar-refractivity contribution in [2.24, 2.45) is 0 Å². The van der Waals surface area contributed by atoms with Crippen molar-refractivity contribution in [3.63, 3.8) is 0 Å². The summed E-state index contributed by atoms with van der Waals surface area (Å²) in [6.07, 6.45) is -0.0211. The highest BCUT2D eigenvalue weighted by molar-refractivity contribution is 6.30. The van der Waals surface area contributed by atoms with E-state index in [1.54, 1.807) is 24.3 Å². The molecule has 2 saturated heterocycles. The van der Waals surface area contributed by atoms with Crippen molar-refractivity contribution in [1.29, 1.82) is 0 Å². The fourth-order valence-electron chi connectivity index (χ4n) is 2.80. The number of ether oxygens (including phenoxy) is 2. The van der Waals surface area contributed by atoms with Gasteiger partial charge in [-0.3, -0.25) is 9.69 Å². The number of hydrogen-bond acceptors (Lipinski definition) is 5. The molecule has 0 saturated carbocycles. The summed E-state index contributed by atoms with van der Waals surface area (Å²) in [6, 6.07) is 6.59. The third-order valence-electron chi connectivity index (χ3n) is 3.82. The van der Waals surface area contributed by atoms with E-state index in [4.69, 9.17) is 21.1 Å².